The smallest absolute Gasteiger partial charge is 0.243 e. The topological polar surface area (TPSA) is 79.3 Å². The number of pyridine rings is 1. The van der Waals surface area contributed by atoms with Crippen LogP contribution in [-0.4, -0.2) is 53.9 Å². The number of anilines is 1. The minimum atomic E-state index is -3.52. The van der Waals surface area contributed by atoms with Crippen molar-refractivity contribution in [2.24, 2.45) is 0 Å². The van der Waals surface area contributed by atoms with Gasteiger partial charge in [0.1, 0.15) is 5.82 Å². The second-order valence-electron chi connectivity index (χ2n) is 7.48. The zero-order chi connectivity index (χ0) is 22.1. The largest absolute Gasteiger partial charge is 0.353 e. The van der Waals surface area contributed by atoms with Crippen LogP contribution >= 0.6 is 11.6 Å². The molecule has 0 radical (unpaired) electrons. The highest BCUT2D eigenvalue weighted by atomic mass is 35.5. The second kappa shape index (κ2) is 8.46. The number of sulfonamides is 1. The highest BCUT2D eigenvalue weighted by Crippen LogP contribution is 2.30. The number of aromatic nitrogens is 3. The maximum Gasteiger partial charge on any atom is 0.243 e. The van der Waals surface area contributed by atoms with E-state index in [1.54, 1.807) is 42.7 Å². The summed E-state index contributed by atoms with van der Waals surface area (Å²) in [5.74, 6) is 1.32. The number of halogens is 1. The molecule has 0 bridgehead atoms. The Hall–Kier alpha value is -3.07. The molecule has 2 aromatic carbocycles. The van der Waals surface area contributed by atoms with Gasteiger partial charge in [0, 0.05) is 54.5 Å². The van der Waals surface area contributed by atoms with Gasteiger partial charge in [-0.1, -0.05) is 29.8 Å². The van der Waals surface area contributed by atoms with Gasteiger partial charge in [0.2, 0.25) is 10.0 Å². The first-order chi connectivity index (χ1) is 15.5. The molecule has 2 aromatic heterocycles. The zero-order valence-corrected chi connectivity index (χ0v) is 18.7. The molecule has 3 heterocycles. The highest BCUT2D eigenvalue weighted by Gasteiger charge is 2.29. The first-order valence-corrected chi connectivity index (χ1v) is 12.0. The van der Waals surface area contributed by atoms with Crippen LogP contribution in [0.5, 0.6) is 0 Å². The average molecular weight is 466 g/mol. The maximum absolute atomic E-state index is 13.0. The lowest BCUT2D eigenvalue weighted by Crippen LogP contribution is -2.49. The van der Waals surface area contributed by atoms with Crippen molar-refractivity contribution in [3.63, 3.8) is 0 Å². The van der Waals surface area contributed by atoms with Crippen LogP contribution in [0.15, 0.2) is 78.0 Å². The molecular weight excluding hydrogens is 446 g/mol. The minimum Gasteiger partial charge on any atom is -0.353 e. The summed E-state index contributed by atoms with van der Waals surface area (Å²) < 4.78 is 27.5. The van der Waals surface area contributed by atoms with Gasteiger partial charge in [-0.05, 0) is 42.5 Å². The van der Waals surface area contributed by atoms with Gasteiger partial charge in [0.25, 0.3) is 0 Å². The number of benzene rings is 2. The highest BCUT2D eigenvalue weighted by molar-refractivity contribution is 7.89. The Balaban J connectivity index is 1.48. The van der Waals surface area contributed by atoms with Crippen LogP contribution in [0.1, 0.15) is 0 Å². The summed E-state index contributed by atoms with van der Waals surface area (Å²) >= 11 is 6.27. The summed E-state index contributed by atoms with van der Waals surface area (Å²) in [6.45, 7) is 1.76. The van der Waals surface area contributed by atoms with Crippen molar-refractivity contribution in [3.8, 4) is 11.4 Å². The van der Waals surface area contributed by atoms with E-state index in [-0.39, 0.29) is 0 Å². The third-order valence-electron chi connectivity index (χ3n) is 5.48. The fourth-order valence-corrected chi connectivity index (χ4v) is 5.45. The molecular formula is C23H20ClN5O2S. The number of hydrogen-bond acceptors (Lipinski definition) is 6. The Bertz CT molecular complexity index is 1360. The van der Waals surface area contributed by atoms with E-state index >= 15 is 0 Å². The van der Waals surface area contributed by atoms with Crippen molar-refractivity contribution < 1.29 is 8.42 Å². The third-order valence-corrected chi connectivity index (χ3v) is 7.62. The van der Waals surface area contributed by atoms with E-state index in [4.69, 9.17) is 21.6 Å². The van der Waals surface area contributed by atoms with Crippen LogP contribution in [-0.2, 0) is 10.0 Å². The number of piperazine rings is 1. The minimum absolute atomic E-state index is 0.312. The molecule has 1 aliphatic heterocycles. The Morgan fingerprint density at radius 3 is 2.38 bits per heavy atom. The van der Waals surface area contributed by atoms with Crippen LogP contribution < -0.4 is 4.90 Å². The molecule has 162 valence electrons. The summed E-state index contributed by atoms with van der Waals surface area (Å²) in [5, 5.41) is 1.44. The maximum atomic E-state index is 13.0. The number of rotatable bonds is 4. The van der Waals surface area contributed by atoms with E-state index in [1.165, 1.54) is 4.31 Å². The summed E-state index contributed by atoms with van der Waals surface area (Å²) in [6.07, 6.45) is 3.43. The fourth-order valence-electron chi connectivity index (χ4n) is 3.83. The first kappa shape index (κ1) is 20.8. The molecule has 7 nitrogen and oxygen atoms in total. The molecule has 5 rings (SSSR count). The molecule has 0 amide bonds. The molecule has 0 atom stereocenters. The molecule has 9 heteroatoms. The van der Waals surface area contributed by atoms with E-state index in [1.807, 2.05) is 30.3 Å². The van der Waals surface area contributed by atoms with Crippen molar-refractivity contribution in [3.05, 3.63) is 78.1 Å². The molecule has 1 saturated heterocycles. The third kappa shape index (κ3) is 3.92. The van der Waals surface area contributed by atoms with E-state index < -0.39 is 10.0 Å². The van der Waals surface area contributed by atoms with Crippen LogP contribution in [0.3, 0.4) is 0 Å². The summed E-state index contributed by atoms with van der Waals surface area (Å²) in [6, 6.07) is 17.8. The number of nitrogens with zero attached hydrogens (tertiary/aromatic N) is 5. The molecule has 0 saturated carbocycles. The van der Waals surface area contributed by atoms with Crippen molar-refractivity contribution in [2.45, 2.75) is 4.90 Å². The van der Waals surface area contributed by atoms with Gasteiger partial charge >= 0.3 is 0 Å². The average Bonchev–Trinajstić information content (AvgIpc) is 2.84. The Morgan fingerprint density at radius 2 is 1.66 bits per heavy atom. The van der Waals surface area contributed by atoms with Crippen molar-refractivity contribution >= 4 is 38.3 Å². The predicted octanol–water partition coefficient (Wildman–Crippen LogP) is 3.86. The summed E-state index contributed by atoms with van der Waals surface area (Å²) in [7, 11) is -3.52. The molecule has 0 N–H and O–H groups in total. The molecule has 0 unspecified atom stereocenters. The Kier molecular flexibility index (Phi) is 5.50. The summed E-state index contributed by atoms with van der Waals surface area (Å²) in [4.78, 5) is 16.1. The van der Waals surface area contributed by atoms with Crippen LogP contribution in [0, 0.1) is 0 Å². The van der Waals surface area contributed by atoms with Crippen molar-refractivity contribution in [1.82, 2.24) is 19.3 Å². The lowest BCUT2D eigenvalue weighted by atomic mass is 10.2. The normalized spacial score (nSPS) is 15.2. The predicted molar refractivity (Wildman–Crippen MR) is 125 cm³/mol. The van der Waals surface area contributed by atoms with Crippen LogP contribution in [0.4, 0.5) is 5.82 Å². The molecule has 4 aromatic rings. The number of fused-ring (bicyclic) bond motifs is 1. The van der Waals surface area contributed by atoms with Gasteiger partial charge in [-0.3, -0.25) is 4.98 Å². The van der Waals surface area contributed by atoms with Gasteiger partial charge in [0.15, 0.2) is 5.82 Å². The van der Waals surface area contributed by atoms with Crippen molar-refractivity contribution in [2.75, 3.05) is 31.1 Å². The van der Waals surface area contributed by atoms with E-state index in [2.05, 4.69) is 9.88 Å². The van der Waals surface area contributed by atoms with Gasteiger partial charge in [-0.2, -0.15) is 4.31 Å². The SMILES string of the molecule is O=S(=O)(c1ccccc1)N1CCN(c2nc(-c3cccnc3)nc3ccc(Cl)cc23)CC1. The van der Waals surface area contributed by atoms with Gasteiger partial charge < -0.3 is 4.90 Å². The zero-order valence-electron chi connectivity index (χ0n) is 17.1. The van der Waals surface area contributed by atoms with Crippen LogP contribution in [0.25, 0.3) is 22.3 Å². The number of hydrogen-bond donors (Lipinski definition) is 0. The lowest BCUT2D eigenvalue weighted by molar-refractivity contribution is 0.384. The first-order valence-electron chi connectivity index (χ1n) is 10.2. The van der Waals surface area contributed by atoms with Crippen molar-refractivity contribution in [1.29, 1.82) is 0 Å². The molecule has 1 fully saturated rings. The molecule has 0 spiro atoms. The van der Waals surface area contributed by atoms with E-state index in [0.717, 1.165) is 22.3 Å². The Morgan fingerprint density at radius 1 is 0.875 bits per heavy atom. The molecule has 1 aliphatic rings. The molecule has 0 aliphatic carbocycles. The summed E-state index contributed by atoms with van der Waals surface area (Å²) in [5.41, 5.74) is 1.59. The van der Waals surface area contributed by atoms with E-state index in [9.17, 15) is 8.42 Å². The van der Waals surface area contributed by atoms with E-state index in [0.29, 0.717) is 41.9 Å². The standard InChI is InChI=1S/C23H20ClN5O2S/c24-18-8-9-21-20(15-18)23(27-22(26-21)17-5-4-10-25-16-17)28-11-13-29(14-12-28)32(30,31)19-6-2-1-3-7-19/h1-10,15-16H,11-14H2. The monoisotopic (exact) mass is 465 g/mol. The second-order valence-corrected chi connectivity index (χ2v) is 9.85. The fraction of sp³-hybridized carbons (Fsp3) is 0.174. The lowest BCUT2D eigenvalue weighted by Gasteiger charge is -2.35. The quantitative estimate of drug-likeness (QED) is 0.455. The van der Waals surface area contributed by atoms with Crippen LogP contribution in [0.2, 0.25) is 5.02 Å². The Labute approximate surface area is 191 Å². The van der Waals surface area contributed by atoms with Gasteiger partial charge in [0.05, 0.1) is 10.4 Å². The van der Waals surface area contributed by atoms with Gasteiger partial charge in [-0.15, -0.1) is 0 Å². The molecule has 32 heavy (non-hydrogen) atoms. The van der Waals surface area contributed by atoms with Gasteiger partial charge in [-0.25, -0.2) is 18.4 Å².